The second kappa shape index (κ2) is 2.81. The molecule has 0 radical (unpaired) electrons. The molecular formula is C10H15N3O. The molecule has 1 aromatic heterocycles. The normalized spacial score (nSPS) is 29.4. The predicted molar refractivity (Wildman–Crippen MR) is 52.0 cm³/mol. The molecule has 0 saturated carbocycles. The van der Waals surface area contributed by atoms with Gasteiger partial charge in [-0.05, 0) is 25.9 Å². The van der Waals surface area contributed by atoms with Crippen LogP contribution >= 0.6 is 0 Å². The monoisotopic (exact) mass is 193 g/mol. The van der Waals surface area contributed by atoms with Crippen LogP contribution in [0.5, 0.6) is 0 Å². The molecule has 4 heteroatoms. The Morgan fingerprint density at radius 2 is 2.29 bits per heavy atom. The first-order valence-electron chi connectivity index (χ1n) is 5.23. The fraction of sp³-hybridized carbons (Fsp3) is 0.700. The minimum absolute atomic E-state index is 0.153. The highest BCUT2D eigenvalue weighted by Gasteiger charge is 2.47. The Balaban J connectivity index is 2.05. The third-order valence-corrected chi connectivity index (χ3v) is 3.80. The lowest BCUT2D eigenvalue weighted by molar-refractivity contribution is 0.265. The van der Waals surface area contributed by atoms with Crippen molar-refractivity contribution in [1.29, 1.82) is 0 Å². The first-order chi connectivity index (χ1) is 6.83. The number of nitrogens with zero attached hydrogens (tertiary/aromatic N) is 1. The van der Waals surface area contributed by atoms with Gasteiger partial charge in [-0.25, -0.2) is 0 Å². The van der Waals surface area contributed by atoms with Gasteiger partial charge in [-0.2, -0.15) is 0 Å². The van der Waals surface area contributed by atoms with E-state index in [1.807, 2.05) is 0 Å². The molecule has 0 amide bonds. The summed E-state index contributed by atoms with van der Waals surface area (Å²) in [5.74, 6) is 0. The average Bonchev–Trinajstić information content (AvgIpc) is 2.74. The summed E-state index contributed by atoms with van der Waals surface area (Å²) in [5.41, 5.74) is 8.74. The third kappa shape index (κ3) is 0.925. The largest absolute Gasteiger partial charge is 0.364 e. The molecule has 14 heavy (non-hydrogen) atoms. The van der Waals surface area contributed by atoms with Crippen LogP contribution in [0.2, 0.25) is 0 Å². The van der Waals surface area contributed by atoms with Crippen molar-refractivity contribution >= 4 is 0 Å². The lowest BCUT2D eigenvalue weighted by Crippen LogP contribution is -2.49. The van der Waals surface area contributed by atoms with Crippen LogP contribution in [0.15, 0.2) is 10.8 Å². The SMILES string of the molecule is N[C@@H]1Cc2nocc2C12CCNCC2. The van der Waals surface area contributed by atoms with Crippen LogP contribution in [-0.2, 0) is 11.8 Å². The third-order valence-electron chi connectivity index (χ3n) is 3.80. The van der Waals surface area contributed by atoms with Crippen LogP contribution in [0.25, 0.3) is 0 Å². The van der Waals surface area contributed by atoms with Gasteiger partial charge in [0.25, 0.3) is 0 Å². The number of nitrogens with two attached hydrogens (primary N) is 1. The van der Waals surface area contributed by atoms with E-state index < -0.39 is 0 Å². The number of hydrogen-bond donors (Lipinski definition) is 2. The van der Waals surface area contributed by atoms with Gasteiger partial charge in [0.2, 0.25) is 0 Å². The smallest absolute Gasteiger partial charge is 0.127 e. The van der Waals surface area contributed by atoms with E-state index in [2.05, 4.69) is 10.5 Å². The highest BCUT2D eigenvalue weighted by molar-refractivity contribution is 5.36. The van der Waals surface area contributed by atoms with E-state index in [9.17, 15) is 0 Å². The Bertz CT molecular complexity index is 341. The second-order valence-electron chi connectivity index (χ2n) is 4.39. The lowest BCUT2D eigenvalue weighted by atomic mass is 9.72. The van der Waals surface area contributed by atoms with Gasteiger partial charge in [0.15, 0.2) is 0 Å². The van der Waals surface area contributed by atoms with Crippen LogP contribution in [0.3, 0.4) is 0 Å². The van der Waals surface area contributed by atoms with Crippen LogP contribution in [0.4, 0.5) is 0 Å². The summed E-state index contributed by atoms with van der Waals surface area (Å²) in [6.45, 7) is 2.11. The van der Waals surface area contributed by atoms with E-state index in [4.69, 9.17) is 10.3 Å². The van der Waals surface area contributed by atoms with Crippen molar-refractivity contribution in [2.45, 2.75) is 30.7 Å². The van der Waals surface area contributed by atoms with Gasteiger partial charge in [-0.1, -0.05) is 5.16 Å². The van der Waals surface area contributed by atoms with Crippen molar-refractivity contribution in [3.8, 4) is 0 Å². The van der Waals surface area contributed by atoms with Crippen molar-refractivity contribution in [2.75, 3.05) is 13.1 Å². The predicted octanol–water partition coefficient (Wildman–Crippen LogP) is 0.179. The van der Waals surface area contributed by atoms with Crippen LogP contribution in [0, 0.1) is 0 Å². The maximum Gasteiger partial charge on any atom is 0.127 e. The zero-order valence-electron chi connectivity index (χ0n) is 8.12. The number of aromatic nitrogens is 1. The van der Waals surface area contributed by atoms with Gasteiger partial charge >= 0.3 is 0 Å². The molecule has 3 rings (SSSR count). The molecule has 76 valence electrons. The van der Waals surface area contributed by atoms with E-state index in [0.29, 0.717) is 0 Å². The Hall–Kier alpha value is -0.870. The Kier molecular flexibility index (Phi) is 1.69. The summed E-state index contributed by atoms with van der Waals surface area (Å²) in [6.07, 6.45) is 4.91. The Morgan fingerprint density at radius 1 is 1.50 bits per heavy atom. The highest BCUT2D eigenvalue weighted by Crippen LogP contribution is 2.43. The first kappa shape index (κ1) is 8.44. The summed E-state index contributed by atoms with van der Waals surface area (Å²) in [4.78, 5) is 0. The zero-order chi connectivity index (χ0) is 9.60. The molecular weight excluding hydrogens is 178 g/mol. The van der Waals surface area contributed by atoms with Gasteiger partial charge in [0, 0.05) is 23.4 Å². The highest BCUT2D eigenvalue weighted by atomic mass is 16.5. The topological polar surface area (TPSA) is 64.1 Å². The second-order valence-corrected chi connectivity index (χ2v) is 4.39. The minimum Gasteiger partial charge on any atom is -0.364 e. The average molecular weight is 193 g/mol. The lowest BCUT2D eigenvalue weighted by Gasteiger charge is -2.37. The van der Waals surface area contributed by atoms with Crippen LogP contribution in [0.1, 0.15) is 24.1 Å². The molecule has 0 unspecified atom stereocenters. The molecule has 0 bridgehead atoms. The summed E-state index contributed by atoms with van der Waals surface area (Å²) in [6, 6.07) is 0.235. The van der Waals surface area contributed by atoms with E-state index in [1.54, 1.807) is 6.26 Å². The molecule has 1 aliphatic carbocycles. The summed E-state index contributed by atoms with van der Waals surface area (Å²) >= 11 is 0. The van der Waals surface area contributed by atoms with Gasteiger partial charge in [-0.15, -0.1) is 0 Å². The van der Waals surface area contributed by atoms with Gasteiger partial charge in [0.1, 0.15) is 6.26 Å². The molecule has 1 fully saturated rings. The van der Waals surface area contributed by atoms with Crippen LogP contribution in [-0.4, -0.2) is 24.3 Å². The maximum atomic E-state index is 6.23. The fourth-order valence-corrected chi connectivity index (χ4v) is 2.93. The molecule has 4 nitrogen and oxygen atoms in total. The molecule has 1 spiro atoms. The number of hydrogen-bond acceptors (Lipinski definition) is 4. The van der Waals surface area contributed by atoms with Crippen molar-refractivity contribution in [1.82, 2.24) is 10.5 Å². The Morgan fingerprint density at radius 3 is 3.07 bits per heavy atom. The van der Waals surface area contributed by atoms with Gasteiger partial charge in [0.05, 0.1) is 5.69 Å². The van der Waals surface area contributed by atoms with Gasteiger partial charge in [-0.3, -0.25) is 0 Å². The van der Waals surface area contributed by atoms with Crippen molar-refractivity contribution in [3.05, 3.63) is 17.5 Å². The molecule has 2 aliphatic rings. The fourth-order valence-electron chi connectivity index (χ4n) is 2.93. The standard InChI is InChI=1S/C10H15N3O/c11-9-5-8-7(6-14-13-8)10(9)1-3-12-4-2-10/h6,9,12H,1-5,11H2/t9-/m1/s1. The number of rotatable bonds is 0. The summed E-state index contributed by atoms with van der Waals surface area (Å²) < 4.78 is 5.04. The van der Waals surface area contributed by atoms with Gasteiger partial charge < -0.3 is 15.6 Å². The summed E-state index contributed by atoms with van der Waals surface area (Å²) in [7, 11) is 0. The molecule has 0 aromatic carbocycles. The van der Waals surface area contributed by atoms with Crippen molar-refractivity contribution < 1.29 is 4.52 Å². The van der Waals surface area contributed by atoms with E-state index in [-0.39, 0.29) is 11.5 Å². The minimum atomic E-state index is 0.153. The molecule has 3 N–H and O–H groups in total. The summed E-state index contributed by atoms with van der Waals surface area (Å²) in [5, 5.41) is 7.39. The molecule has 2 heterocycles. The maximum absolute atomic E-state index is 6.23. The van der Waals surface area contributed by atoms with Crippen molar-refractivity contribution in [3.63, 3.8) is 0 Å². The first-order valence-corrected chi connectivity index (χ1v) is 5.23. The van der Waals surface area contributed by atoms with E-state index in [0.717, 1.165) is 38.0 Å². The number of piperidine rings is 1. The quantitative estimate of drug-likeness (QED) is 0.617. The molecule has 1 saturated heterocycles. The van der Waals surface area contributed by atoms with E-state index >= 15 is 0 Å². The van der Waals surface area contributed by atoms with E-state index in [1.165, 1.54) is 5.56 Å². The van der Waals surface area contributed by atoms with Crippen molar-refractivity contribution in [2.24, 2.45) is 5.73 Å². The zero-order valence-corrected chi connectivity index (χ0v) is 8.12. The number of fused-ring (bicyclic) bond motifs is 2. The molecule has 1 atom stereocenters. The molecule has 1 aromatic rings. The Labute approximate surface area is 82.8 Å². The van der Waals surface area contributed by atoms with Crippen LogP contribution < -0.4 is 11.1 Å². The number of nitrogens with one attached hydrogen (secondary N) is 1. The molecule has 1 aliphatic heterocycles.